The van der Waals surface area contributed by atoms with Crippen molar-refractivity contribution in [2.24, 2.45) is 0 Å². The summed E-state index contributed by atoms with van der Waals surface area (Å²) in [5.41, 5.74) is -0.965. The molecule has 1 aliphatic heterocycles. The van der Waals surface area contributed by atoms with Gasteiger partial charge in [0.15, 0.2) is 17.4 Å². The topological polar surface area (TPSA) is 118 Å². The maximum atomic E-state index is 14.8. The van der Waals surface area contributed by atoms with Crippen LogP contribution in [-0.4, -0.2) is 60.3 Å². The summed E-state index contributed by atoms with van der Waals surface area (Å²) in [5, 5.41) is 5.96. The van der Waals surface area contributed by atoms with Crippen molar-refractivity contribution in [2.75, 3.05) is 28.9 Å². The molecule has 3 N–H and O–H groups in total. The molecule has 1 saturated heterocycles. The van der Waals surface area contributed by atoms with E-state index in [0.717, 1.165) is 0 Å². The van der Waals surface area contributed by atoms with Crippen LogP contribution in [0.25, 0.3) is 11.3 Å². The Morgan fingerprint density at radius 1 is 1.12 bits per heavy atom. The molecule has 4 rings (SSSR count). The maximum absolute atomic E-state index is 14.8. The van der Waals surface area contributed by atoms with Gasteiger partial charge in [-0.25, -0.2) is 45.3 Å². The third kappa shape index (κ3) is 7.50. The minimum atomic E-state index is -4.64. The van der Waals surface area contributed by atoms with Gasteiger partial charge >= 0.3 is 0 Å². The van der Waals surface area contributed by atoms with Gasteiger partial charge in [0.05, 0.1) is 17.0 Å². The first-order valence-corrected chi connectivity index (χ1v) is 13.6. The average molecular weight is 591 g/mol. The van der Waals surface area contributed by atoms with Crippen LogP contribution < -0.4 is 20.1 Å². The number of rotatable bonds is 10. The van der Waals surface area contributed by atoms with Gasteiger partial charge in [-0.1, -0.05) is 0 Å². The lowest BCUT2D eigenvalue weighted by atomic mass is 10.1. The van der Waals surface area contributed by atoms with Gasteiger partial charge in [-0.2, -0.15) is 4.39 Å². The number of pyridine rings is 1. The molecule has 0 aliphatic carbocycles. The average Bonchev–Trinajstić information content (AvgIpc) is 2.89. The fraction of sp³-hybridized carbons (Fsp3) is 0.375. The van der Waals surface area contributed by atoms with E-state index in [0.29, 0.717) is 19.5 Å². The zero-order valence-corrected chi connectivity index (χ0v) is 21.7. The van der Waals surface area contributed by atoms with Crippen LogP contribution in [0, 0.1) is 17.5 Å². The lowest BCUT2D eigenvalue weighted by Crippen LogP contribution is -2.44. The molecule has 9 nitrogen and oxygen atoms in total. The van der Waals surface area contributed by atoms with Crippen molar-refractivity contribution < 1.29 is 39.5 Å². The molecule has 0 spiro atoms. The first kappa shape index (κ1) is 29.3. The Bertz CT molecular complexity index is 1470. The highest BCUT2D eigenvalue weighted by molar-refractivity contribution is 7.92. The monoisotopic (exact) mass is 590 g/mol. The predicted molar refractivity (Wildman–Crippen MR) is 134 cm³/mol. The Balaban J connectivity index is 1.57. The van der Waals surface area contributed by atoms with E-state index in [1.165, 1.54) is 35.3 Å². The summed E-state index contributed by atoms with van der Waals surface area (Å²) in [5.74, 6) is -10.9. The van der Waals surface area contributed by atoms with E-state index < -0.39 is 63.2 Å². The first-order chi connectivity index (χ1) is 18.8. The van der Waals surface area contributed by atoms with Crippen molar-refractivity contribution in [1.29, 1.82) is 0 Å². The Morgan fingerprint density at radius 3 is 2.62 bits per heavy atom. The number of benzene rings is 1. The van der Waals surface area contributed by atoms with Crippen LogP contribution in [0.2, 0.25) is 0 Å². The minimum Gasteiger partial charge on any atom is -0.435 e. The summed E-state index contributed by atoms with van der Waals surface area (Å²) in [6.45, 7) is 1.22. The normalized spacial score (nSPS) is 17.9. The smallest absolute Gasteiger partial charge is 0.246 e. The Morgan fingerprint density at radius 2 is 1.90 bits per heavy atom. The molecule has 0 amide bonds. The minimum absolute atomic E-state index is 0.161. The molecule has 1 aromatic carbocycles. The predicted octanol–water partition coefficient (Wildman–Crippen LogP) is 4.65. The summed E-state index contributed by atoms with van der Waals surface area (Å²) >= 11 is 0. The van der Waals surface area contributed by atoms with Crippen LogP contribution in [0.3, 0.4) is 0 Å². The van der Waals surface area contributed by atoms with Crippen LogP contribution in [0.5, 0.6) is 11.6 Å². The zero-order chi connectivity index (χ0) is 29.1. The summed E-state index contributed by atoms with van der Waals surface area (Å²) in [6, 6.07) is 4.58. The van der Waals surface area contributed by atoms with Crippen LogP contribution in [-0.2, 0) is 10.0 Å². The van der Waals surface area contributed by atoms with E-state index in [1.54, 1.807) is 0 Å². The maximum Gasteiger partial charge on any atom is 0.246 e. The molecule has 2 aromatic heterocycles. The highest BCUT2D eigenvalue weighted by atomic mass is 32.2. The van der Waals surface area contributed by atoms with E-state index in [4.69, 9.17) is 4.74 Å². The van der Waals surface area contributed by atoms with Gasteiger partial charge < -0.3 is 15.4 Å². The van der Waals surface area contributed by atoms with E-state index in [-0.39, 0.29) is 42.1 Å². The number of halogens is 6. The number of anilines is 2. The highest BCUT2D eigenvalue weighted by Crippen LogP contribution is 2.36. The standard InChI is InChI=1S/C24H24F6N6O3S/c1-24(29,30)5-8-40(37,38)36-21-16(26)10-18(19(27)20(21)28)39-22-15(3-2-6-32-22)17-4-7-33-23(35-17)34-14-9-13(25)11-31-12-14/h2-4,6-7,10,13-14,31,36H,5,8-9,11-12H2,1H3,(H,33,34,35)/t13-,14-/m0/s1. The number of piperidine rings is 1. The van der Waals surface area contributed by atoms with Crippen molar-refractivity contribution in [3.05, 3.63) is 54.1 Å². The molecule has 2 atom stereocenters. The molecule has 1 fully saturated rings. The summed E-state index contributed by atoms with van der Waals surface area (Å²) in [6.07, 6.45) is 0.762. The largest absolute Gasteiger partial charge is 0.435 e. The molecule has 216 valence electrons. The molecule has 0 saturated carbocycles. The van der Waals surface area contributed by atoms with Crippen molar-refractivity contribution in [3.63, 3.8) is 0 Å². The quantitative estimate of drug-likeness (QED) is 0.231. The van der Waals surface area contributed by atoms with E-state index in [2.05, 4.69) is 25.6 Å². The van der Waals surface area contributed by atoms with Gasteiger partial charge in [0.2, 0.25) is 33.6 Å². The molecular weight excluding hydrogens is 566 g/mol. The third-order valence-corrected chi connectivity index (χ3v) is 6.99. The number of ether oxygens (including phenoxy) is 1. The lowest BCUT2D eigenvalue weighted by molar-refractivity contribution is 0.0189. The number of sulfonamides is 1. The van der Waals surface area contributed by atoms with Crippen molar-refractivity contribution in [3.8, 4) is 22.9 Å². The van der Waals surface area contributed by atoms with Crippen LogP contribution in [0.1, 0.15) is 19.8 Å². The molecule has 0 bridgehead atoms. The molecule has 3 heterocycles. The van der Waals surface area contributed by atoms with Gasteiger partial charge in [-0.3, -0.25) is 4.72 Å². The fourth-order valence-corrected chi connectivity index (χ4v) is 5.02. The van der Waals surface area contributed by atoms with Gasteiger partial charge in [0.25, 0.3) is 0 Å². The van der Waals surface area contributed by atoms with Crippen LogP contribution in [0.15, 0.2) is 36.7 Å². The lowest BCUT2D eigenvalue weighted by Gasteiger charge is -2.26. The van der Waals surface area contributed by atoms with Gasteiger partial charge in [-0.15, -0.1) is 0 Å². The van der Waals surface area contributed by atoms with Crippen molar-refractivity contribution in [2.45, 2.75) is 37.9 Å². The number of hydrogen-bond acceptors (Lipinski definition) is 8. The molecule has 1 aliphatic rings. The first-order valence-electron chi connectivity index (χ1n) is 11.9. The van der Waals surface area contributed by atoms with E-state index >= 15 is 0 Å². The molecule has 3 aromatic rings. The summed E-state index contributed by atoms with van der Waals surface area (Å²) < 4.78 is 115. The van der Waals surface area contributed by atoms with Crippen LogP contribution in [0.4, 0.5) is 38.0 Å². The fourth-order valence-electron chi connectivity index (χ4n) is 3.79. The number of nitrogens with zero attached hydrogens (tertiary/aromatic N) is 3. The van der Waals surface area contributed by atoms with E-state index in [9.17, 15) is 34.8 Å². The second kappa shape index (κ2) is 11.8. The number of aromatic nitrogens is 3. The Kier molecular flexibility index (Phi) is 8.68. The molecule has 0 unspecified atom stereocenters. The SMILES string of the molecule is CC(F)(F)CCS(=O)(=O)Nc1c(F)cc(Oc2ncccc2-c2ccnc(N[C@@H]3CNC[C@@H](F)C3)n2)c(F)c1F. The van der Waals surface area contributed by atoms with Crippen molar-refractivity contribution >= 4 is 21.7 Å². The second-order valence-electron chi connectivity index (χ2n) is 9.16. The zero-order valence-electron chi connectivity index (χ0n) is 20.9. The molecular formula is C24H24F6N6O3S. The molecule has 16 heteroatoms. The molecule has 40 heavy (non-hydrogen) atoms. The summed E-state index contributed by atoms with van der Waals surface area (Å²) in [4.78, 5) is 12.4. The number of hydrogen-bond donors (Lipinski definition) is 3. The highest BCUT2D eigenvalue weighted by Gasteiger charge is 2.28. The molecule has 0 radical (unpaired) electrons. The van der Waals surface area contributed by atoms with Gasteiger partial charge in [-0.05, 0) is 25.1 Å². The van der Waals surface area contributed by atoms with Gasteiger partial charge in [0, 0.05) is 50.4 Å². The summed E-state index contributed by atoms with van der Waals surface area (Å²) in [7, 11) is -4.64. The number of alkyl halides is 3. The Hall–Kier alpha value is -3.66. The Labute approximate surface area is 225 Å². The number of nitrogens with one attached hydrogen (secondary N) is 3. The van der Waals surface area contributed by atoms with Crippen molar-refractivity contribution in [1.82, 2.24) is 20.3 Å². The van der Waals surface area contributed by atoms with Gasteiger partial charge in [0.1, 0.15) is 11.9 Å². The third-order valence-electron chi connectivity index (χ3n) is 5.73. The van der Waals surface area contributed by atoms with E-state index in [1.807, 2.05) is 0 Å². The van der Waals surface area contributed by atoms with Crippen LogP contribution >= 0.6 is 0 Å². The second-order valence-corrected chi connectivity index (χ2v) is 11.0.